The molecule has 1 saturated carbocycles. The van der Waals surface area contributed by atoms with Crippen molar-refractivity contribution in [3.63, 3.8) is 0 Å². The van der Waals surface area contributed by atoms with Crippen molar-refractivity contribution in [1.29, 1.82) is 0 Å². The fourth-order valence-electron chi connectivity index (χ4n) is 3.96. The predicted molar refractivity (Wildman–Crippen MR) is 140 cm³/mol. The van der Waals surface area contributed by atoms with E-state index in [9.17, 15) is 0 Å². The number of likely N-dealkylation sites (N-methyl/N-ethyl adjacent to an activating group) is 1. The number of aryl methyl sites for hydroxylation is 1. The highest BCUT2D eigenvalue weighted by Gasteiger charge is 2.26. The van der Waals surface area contributed by atoms with Gasteiger partial charge in [-0.1, -0.05) is 60.1 Å². The summed E-state index contributed by atoms with van der Waals surface area (Å²) in [6.45, 7) is 20.6. The topological polar surface area (TPSA) is 36.3 Å². The van der Waals surface area contributed by atoms with Gasteiger partial charge in [-0.25, -0.2) is 0 Å². The van der Waals surface area contributed by atoms with Gasteiger partial charge in [-0.3, -0.25) is 4.68 Å². The zero-order chi connectivity index (χ0) is 23.7. The number of piperidine rings is 1. The number of benzene rings is 1. The van der Waals surface area contributed by atoms with Crippen LogP contribution in [0.4, 0.5) is 5.69 Å². The standard InChI is InChI=1S/C20H27N5.C3H6.2C2H6/c1-14-5-7-17(15(2)21-14)20-18-8-6-16(13-19(18)24(4)22-20)25-11-9-23(3)10-12-25;1-2-3-1;2*1-2/h6,8,13,17,21H,1-2,5,7,9-12H2,3-4H3;1-3H2;2*1-2H3. The summed E-state index contributed by atoms with van der Waals surface area (Å²) in [4.78, 5) is 4.85. The van der Waals surface area contributed by atoms with E-state index < -0.39 is 0 Å². The lowest BCUT2D eigenvalue weighted by atomic mass is 9.90. The van der Waals surface area contributed by atoms with Crippen LogP contribution in [0.1, 0.15) is 71.4 Å². The molecule has 2 saturated heterocycles. The molecule has 5 nitrogen and oxygen atoms in total. The second-order valence-electron chi connectivity index (χ2n) is 8.41. The van der Waals surface area contributed by atoms with E-state index in [0.717, 1.165) is 56.1 Å². The molecule has 3 aliphatic rings. The number of nitrogens with zero attached hydrogens (tertiary/aromatic N) is 4. The van der Waals surface area contributed by atoms with Gasteiger partial charge in [0, 0.05) is 61.6 Å². The number of allylic oxidation sites excluding steroid dienone is 2. The van der Waals surface area contributed by atoms with Crippen LogP contribution in [0.25, 0.3) is 10.9 Å². The normalized spacial score (nSPS) is 20.2. The quantitative estimate of drug-likeness (QED) is 0.619. The van der Waals surface area contributed by atoms with Crippen molar-refractivity contribution in [2.24, 2.45) is 7.05 Å². The van der Waals surface area contributed by atoms with Crippen LogP contribution in [0.15, 0.2) is 42.8 Å². The minimum Gasteiger partial charge on any atom is -0.369 e. The van der Waals surface area contributed by atoms with Gasteiger partial charge < -0.3 is 15.1 Å². The maximum atomic E-state index is 4.85. The van der Waals surface area contributed by atoms with Gasteiger partial charge >= 0.3 is 0 Å². The molecule has 1 aliphatic carbocycles. The summed E-state index contributed by atoms with van der Waals surface area (Å²) in [6.07, 6.45) is 6.50. The molecule has 0 bridgehead atoms. The molecule has 1 atom stereocenters. The Morgan fingerprint density at radius 2 is 1.56 bits per heavy atom. The molecule has 3 heterocycles. The molecule has 3 fully saturated rings. The third-order valence-electron chi connectivity index (χ3n) is 5.91. The highest BCUT2D eigenvalue weighted by atomic mass is 15.3. The van der Waals surface area contributed by atoms with Crippen LogP contribution in [0, 0.1) is 0 Å². The van der Waals surface area contributed by atoms with E-state index in [1.54, 1.807) is 0 Å². The number of rotatable bonds is 2. The van der Waals surface area contributed by atoms with Crippen LogP contribution in [0.3, 0.4) is 0 Å². The molecule has 0 spiro atoms. The third-order valence-corrected chi connectivity index (χ3v) is 5.91. The van der Waals surface area contributed by atoms with E-state index in [-0.39, 0.29) is 5.92 Å². The highest BCUT2D eigenvalue weighted by Crippen LogP contribution is 2.36. The van der Waals surface area contributed by atoms with E-state index >= 15 is 0 Å². The first-order valence-electron chi connectivity index (χ1n) is 12.6. The van der Waals surface area contributed by atoms with Crippen LogP contribution in [-0.2, 0) is 7.05 Å². The van der Waals surface area contributed by atoms with E-state index in [1.807, 2.05) is 39.4 Å². The first-order valence-corrected chi connectivity index (χ1v) is 12.6. The minimum absolute atomic E-state index is 0.253. The summed E-state index contributed by atoms with van der Waals surface area (Å²) in [6, 6.07) is 6.77. The Kier molecular flexibility index (Phi) is 10.3. The number of fused-ring (bicyclic) bond motifs is 1. The molecule has 5 rings (SSSR count). The summed E-state index contributed by atoms with van der Waals surface area (Å²) in [5.74, 6) is 0.253. The number of piperazine rings is 1. The van der Waals surface area contributed by atoms with Crippen LogP contribution >= 0.6 is 0 Å². The van der Waals surface area contributed by atoms with Gasteiger partial charge in [0.15, 0.2) is 0 Å². The Bertz CT molecular complexity index is 869. The number of nitrogens with one attached hydrogen (secondary N) is 1. The van der Waals surface area contributed by atoms with Gasteiger partial charge in [-0.2, -0.15) is 5.10 Å². The Balaban J connectivity index is 0.000000459. The van der Waals surface area contributed by atoms with Crippen molar-refractivity contribution in [1.82, 2.24) is 20.0 Å². The SMILES string of the molecule is C1CC1.C=C1CCC(c2nn(C)c3cc(N4CCN(C)CC4)ccc23)C(=C)N1.CC.CC. The molecular weight excluding hydrogens is 394 g/mol. The van der Waals surface area contributed by atoms with E-state index in [0.29, 0.717) is 0 Å². The summed E-state index contributed by atoms with van der Waals surface area (Å²) in [5.41, 5.74) is 5.69. The molecule has 1 unspecified atom stereocenters. The number of anilines is 1. The van der Waals surface area contributed by atoms with Crippen molar-refractivity contribution in [3.05, 3.63) is 48.4 Å². The Morgan fingerprint density at radius 1 is 0.938 bits per heavy atom. The first kappa shape index (κ1) is 26.0. The summed E-state index contributed by atoms with van der Waals surface area (Å²) < 4.78 is 2.01. The molecule has 2 aliphatic heterocycles. The molecule has 1 N–H and O–H groups in total. The minimum atomic E-state index is 0.253. The Hall–Kier alpha value is -2.27. The van der Waals surface area contributed by atoms with E-state index in [2.05, 4.69) is 53.5 Å². The lowest BCUT2D eigenvalue weighted by Gasteiger charge is -2.34. The highest BCUT2D eigenvalue weighted by molar-refractivity contribution is 5.86. The molecule has 5 heteroatoms. The maximum absolute atomic E-state index is 4.85. The largest absolute Gasteiger partial charge is 0.369 e. The molecule has 0 amide bonds. The van der Waals surface area contributed by atoms with E-state index in [4.69, 9.17) is 5.10 Å². The third kappa shape index (κ3) is 6.61. The van der Waals surface area contributed by atoms with E-state index in [1.165, 1.54) is 35.9 Å². The Morgan fingerprint density at radius 3 is 2.12 bits per heavy atom. The second-order valence-corrected chi connectivity index (χ2v) is 8.41. The van der Waals surface area contributed by atoms with Crippen molar-refractivity contribution >= 4 is 16.6 Å². The van der Waals surface area contributed by atoms with Crippen molar-refractivity contribution < 1.29 is 0 Å². The molecule has 1 aromatic heterocycles. The van der Waals surface area contributed by atoms with Crippen LogP contribution in [0.2, 0.25) is 0 Å². The molecule has 2 aromatic rings. The van der Waals surface area contributed by atoms with Crippen molar-refractivity contribution in [3.8, 4) is 0 Å². The summed E-state index contributed by atoms with van der Waals surface area (Å²) >= 11 is 0. The van der Waals surface area contributed by atoms with Gasteiger partial charge in [0.2, 0.25) is 0 Å². The first-order chi connectivity index (χ1) is 15.5. The summed E-state index contributed by atoms with van der Waals surface area (Å²) in [5, 5.41) is 9.40. The van der Waals surface area contributed by atoms with Crippen LogP contribution in [-0.4, -0.2) is 47.9 Å². The number of hydrogen-bond acceptors (Lipinski definition) is 4. The maximum Gasteiger partial charge on any atom is 0.0792 e. The molecule has 178 valence electrons. The predicted octanol–water partition coefficient (Wildman–Crippen LogP) is 6.04. The zero-order valence-electron chi connectivity index (χ0n) is 21.4. The smallest absolute Gasteiger partial charge is 0.0792 e. The number of hydrogen-bond donors (Lipinski definition) is 1. The fourth-order valence-corrected chi connectivity index (χ4v) is 3.96. The lowest BCUT2D eigenvalue weighted by Crippen LogP contribution is -2.44. The monoisotopic (exact) mass is 439 g/mol. The lowest BCUT2D eigenvalue weighted by molar-refractivity contribution is 0.313. The van der Waals surface area contributed by atoms with Crippen molar-refractivity contribution in [2.45, 2.75) is 65.7 Å². The zero-order valence-corrected chi connectivity index (χ0v) is 21.4. The molecule has 0 radical (unpaired) electrons. The van der Waals surface area contributed by atoms with Gasteiger partial charge in [0.05, 0.1) is 11.2 Å². The van der Waals surface area contributed by atoms with Crippen LogP contribution < -0.4 is 10.2 Å². The average Bonchev–Trinajstić information content (AvgIpc) is 3.67. The van der Waals surface area contributed by atoms with Crippen molar-refractivity contribution in [2.75, 3.05) is 38.1 Å². The van der Waals surface area contributed by atoms with Gasteiger partial charge in [0.25, 0.3) is 0 Å². The summed E-state index contributed by atoms with van der Waals surface area (Å²) in [7, 11) is 4.23. The van der Waals surface area contributed by atoms with Gasteiger partial charge in [-0.15, -0.1) is 0 Å². The van der Waals surface area contributed by atoms with Gasteiger partial charge in [-0.05, 0) is 38.1 Å². The Labute approximate surface area is 196 Å². The molecule has 1 aromatic carbocycles. The molecular formula is C27H45N5. The average molecular weight is 440 g/mol. The number of aromatic nitrogens is 2. The fraction of sp³-hybridized carbons (Fsp3) is 0.593. The molecule has 32 heavy (non-hydrogen) atoms. The van der Waals surface area contributed by atoms with Crippen LogP contribution in [0.5, 0.6) is 0 Å². The second kappa shape index (κ2) is 12.7. The van der Waals surface area contributed by atoms with Gasteiger partial charge in [0.1, 0.15) is 0 Å².